The summed E-state index contributed by atoms with van der Waals surface area (Å²) in [5.74, 6) is -0.958. The summed E-state index contributed by atoms with van der Waals surface area (Å²) in [5, 5.41) is 0. The molecule has 3 nitrogen and oxygen atoms in total. The van der Waals surface area contributed by atoms with Crippen LogP contribution >= 0.6 is 0 Å². The highest BCUT2D eigenvalue weighted by molar-refractivity contribution is 6.24. The van der Waals surface area contributed by atoms with Gasteiger partial charge in [-0.05, 0) is 41.3 Å². The monoisotopic (exact) mass is 393 g/mol. The number of aryl methyl sites for hydroxylation is 1. The lowest BCUT2D eigenvalue weighted by Crippen LogP contribution is -2.59. The lowest BCUT2D eigenvalue weighted by Gasteiger charge is -2.57. The number of rotatable bonds is 1. The largest absolute Gasteiger partial charge is 0.274 e. The zero-order valence-corrected chi connectivity index (χ0v) is 17.3. The first kappa shape index (κ1) is 17.6. The van der Waals surface area contributed by atoms with Gasteiger partial charge >= 0.3 is 0 Å². The van der Waals surface area contributed by atoms with Crippen LogP contribution in [0.5, 0.6) is 0 Å². The number of anilines is 1. The van der Waals surface area contributed by atoms with E-state index in [-0.39, 0.29) is 11.8 Å². The van der Waals surface area contributed by atoms with E-state index in [4.69, 9.17) is 0 Å². The Kier molecular flexibility index (Phi) is 3.22. The minimum atomic E-state index is -0.526. The molecule has 0 N–H and O–H groups in total. The third kappa shape index (κ3) is 1.78. The zero-order chi connectivity index (χ0) is 20.8. The predicted octanol–water partition coefficient (Wildman–Crippen LogP) is 4.74. The van der Waals surface area contributed by atoms with E-state index in [0.717, 1.165) is 5.56 Å². The molecule has 2 atom stereocenters. The number of carbonyl (C=O) groups excluding carboxylic acids is 2. The van der Waals surface area contributed by atoms with Gasteiger partial charge in [0, 0.05) is 10.8 Å². The van der Waals surface area contributed by atoms with Gasteiger partial charge in [-0.3, -0.25) is 9.59 Å². The standard InChI is InChI=1S/C27H23NO2/c1-16-12-14-17(15-13-16)28-24(29)22-23(25(28)30)27(3)20-10-6-4-8-18(20)26(22,2)19-9-5-7-11-21(19)27/h4-15,22-23H,1-3H3/t22-,23-,26?,27?/m1/s1. The molecule has 0 aromatic heterocycles. The fraction of sp³-hybridized carbons (Fsp3) is 0.259. The number of benzene rings is 3. The van der Waals surface area contributed by atoms with E-state index in [0.29, 0.717) is 5.69 Å². The molecule has 7 rings (SSSR count). The van der Waals surface area contributed by atoms with E-state index in [9.17, 15) is 9.59 Å². The predicted molar refractivity (Wildman–Crippen MR) is 116 cm³/mol. The molecule has 0 spiro atoms. The van der Waals surface area contributed by atoms with Crippen molar-refractivity contribution in [1.82, 2.24) is 0 Å². The zero-order valence-electron chi connectivity index (χ0n) is 17.3. The Morgan fingerprint density at radius 3 is 1.37 bits per heavy atom. The highest BCUT2D eigenvalue weighted by Crippen LogP contribution is 2.66. The van der Waals surface area contributed by atoms with Crippen LogP contribution in [0.1, 0.15) is 41.7 Å². The molecule has 3 heteroatoms. The van der Waals surface area contributed by atoms with Gasteiger partial charge in [-0.1, -0.05) is 80.1 Å². The van der Waals surface area contributed by atoms with E-state index >= 15 is 0 Å². The Balaban J connectivity index is 1.66. The van der Waals surface area contributed by atoms with E-state index in [1.165, 1.54) is 27.2 Å². The normalized spacial score (nSPS) is 30.8. The Labute approximate surface area is 176 Å². The molecule has 148 valence electrons. The fourth-order valence-electron chi connectivity index (χ4n) is 6.52. The molecule has 3 aromatic carbocycles. The van der Waals surface area contributed by atoms with E-state index in [1.54, 1.807) is 0 Å². The molecule has 1 aliphatic heterocycles. The molecule has 1 heterocycles. The van der Waals surface area contributed by atoms with Crippen molar-refractivity contribution in [2.75, 3.05) is 4.90 Å². The number of hydrogen-bond acceptors (Lipinski definition) is 2. The van der Waals surface area contributed by atoms with Crippen LogP contribution in [0.4, 0.5) is 5.69 Å². The van der Waals surface area contributed by atoms with Crippen LogP contribution in [0.3, 0.4) is 0 Å². The second-order valence-electron chi connectivity index (χ2n) is 9.30. The van der Waals surface area contributed by atoms with Crippen molar-refractivity contribution in [2.45, 2.75) is 31.6 Å². The molecular weight excluding hydrogens is 370 g/mol. The van der Waals surface area contributed by atoms with E-state index in [2.05, 4.69) is 38.1 Å². The quantitative estimate of drug-likeness (QED) is 0.560. The number of imide groups is 1. The number of hydrogen-bond donors (Lipinski definition) is 0. The van der Waals surface area contributed by atoms with Gasteiger partial charge in [0.15, 0.2) is 0 Å². The van der Waals surface area contributed by atoms with Crippen molar-refractivity contribution < 1.29 is 9.59 Å². The van der Waals surface area contributed by atoms with Gasteiger partial charge in [0.25, 0.3) is 0 Å². The molecule has 30 heavy (non-hydrogen) atoms. The average Bonchev–Trinajstić information content (AvgIpc) is 3.04. The molecule has 2 bridgehead atoms. The van der Waals surface area contributed by atoms with Gasteiger partial charge in [0.1, 0.15) is 0 Å². The fourth-order valence-corrected chi connectivity index (χ4v) is 6.52. The van der Waals surface area contributed by atoms with Crippen LogP contribution < -0.4 is 4.90 Å². The second kappa shape index (κ2) is 5.48. The van der Waals surface area contributed by atoms with Gasteiger partial charge in [0.05, 0.1) is 17.5 Å². The third-order valence-corrected chi connectivity index (χ3v) is 7.93. The van der Waals surface area contributed by atoms with Crippen LogP contribution in [0.15, 0.2) is 72.8 Å². The van der Waals surface area contributed by atoms with Crippen LogP contribution in [-0.4, -0.2) is 11.8 Å². The minimum Gasteiger partial charge on any atom is -0.274 e. The number of nitrogens with zero attached hydrogens (tertiary/aromatic N) is 1. The molecule has 1 fully saturated rings. The summed E-state index contributed by atoms with van der Waals surface area (Å²) in [6.45, 7) is 6.32. The van der Waals surface area contributed by atoms with Gasteiger partial charge in [-0.25, -0.2) is 4.90 Å². The highest BCUT2D eigenvalue weighted by atomic mass is 16.2. The Hall–Kier alpha value is -3.20. The Morgan fingerprint density at radius 2 is 1.00 bits per heavy atom. The first-order valence-corrected chi connectivity index (χ1v) is 10.5. The van der Waals surface area contributed by atoms with E-state index < -0.39 is 22.7 Å². The summed E-state index contributed by atoms with van der Waals surface area (Å²) in [6.07, 6.45) is 0. The van der Waals surface area contributed by atoms with Crippen LogP contribution in [0.25, 0.3) is 0 Å². The first-order chi connectivity index (χ1) is 14.4. The van der Waals surface area contributed by atoms with Crippen molar-refractivity contribution in [3.05, 3.63) is 101 Å². The number of amides is 2. The van der Waals surface area contributed by atoms with Crippen LogP contribution in [0.2, 0.25) is 0 Å². The minimum absolute atomic E-state index is 0.0772. The molecule has 3 aliphatic carbocycles. The lowest BCUT2D eigenvalue weighted by atomic mass is 9.42. The van der Waals surface area contributed by atoms with Crippen LogP contribution in [-0.2, 0) is 20.4 Å². The van der Waals surface area contributed by atoms with Gasteiger partial charge in [-0.15, -0.1) is 0 Å². The second-order valence-corrected chi connectivity index (χ2v) is 9.30. The topological polar surface area (TPSA) is 37.4 Å². The molecule has 0 radical (unpaired) electrons. The van der Waals surface area contributed by atoms with Crippen LogP contribution in [0, 0.1) is 18.8 Å². The maximum atomic E-state index is 13.9. The van der Waals surface area contributed by atoms with E-state index in [1.807, 2.05) is 55.5 Å². The van der Waals surface area contributed by atoms with Gasteiger partial charge in [-0.2, -0.15) is 0 Å². The lowest BCUT2D eigenvalue weighted by molar-refractivity contribution is -0.124. The molecular formula is C27H23NO2. The van der Waals surface area contributed by atoms with Gasteiger partial charge < -0.3 is 0 Å². The summed E-state index contributed by atoms with van der Waals surface area (Å²) in [6, 6.07) is 24.4. The smallest absolute Gasteiger partial charge is 0.238 e. The summed E-state index contributed by atoms with van der Waals surface area (Å²) in [5.41, 5.74) is 5.44. The Bertz CT molecular complexity index is 1120. The molecule has 2 amide bonds. The van der Waals surface area contributed by atoms with Crippen molar-refractivity contribution in [3.8, 4) is 0 Å². The van der Waals surface area contributed by atoms with Crippen molar-refractivity contribution in [3.63, 3.8) is 0 Å². The first-order valence-electron chi connectivity index (χ1n) is 10.5. The molecule has 0 unspecified atom stereocenters. The SMILES string of the molecule is Cc1ccc(N2C(=O)[C@H]3[C@H](C2=O)C2(C)c4ccccc4C3(C)c3ccccc32)cc1. The van der Waals surface area contributed by atoms with Crippen molar-refractivity contribution in [1.29, 1.82) is 0 Å². The number of carbonyl (C=O) groups is 2. The Morgan fingerprint density at radius 1 is 0.633 bits per heavy atom. The van der Waals surface area contributed by atoms with Gasteiger partial charge in [0.2, 0.25) is 11.8 Å². The van der Waals surface area contributed by atoms with Crippen molar-refractivity contribution in [2.24, 2.45) is 11.8 Å². The maximum Gasteiger partial charge on any atom is 0.238 e. The third-order valence-electron chi connectivity index (χ3n) is 7.93. The summed E-state index contributed by atoms with van der Waals surface area (Å²) in [4.78, 5) is 29.2. The highest BCUT2D eigenvalue weighted by Gasteiger charge is 2.70. The summed E-state index contributed by atoms with van der Waals surface area (Å²) in [7, 11) is 0. The van der Waals surface area contributed by atoms with Crippen molar-refractivity contribution >= 4 is 17.5 Å². The average molecular weight is 393 g/mol. The maximum absolute atomic E-state index is 13.9. The molecule has 1 saturated heterocycles. The molecule has 0 saturated carbocycles. The molecule has 4 aliphatic rings. The summed E-state index contributed by atoms with van der Waals surface area (Å²) < 4.78 is 0. The molecule has 3 aromatic rings. The summed E-state index contributed by atoms with van der Waals surface area (Å²) >= 11 is 0.